The van der Waals surface area contributed by atoms with Crippen molar-refractivity contribution in [1.82, 2.24) is 45.7 Å². The Morgan fingerprint density at radius 1 is 1.00 bits per heavy atom. The maximum Gasteiger partial charge on any atom is 0.291 e. The molecule has 56 heavy (non-hydrogen) atoms. The van der Waals surface area contributed by atoms with Gasteiger partial charge in [0.1, 0.15) is 36.2 Å². The van der Waals surface area contributed by atoms with Gasteiger partial charge in [0.2, 0.25) is 29.5 Å². The van der Waals surface area contributed by atoms with Gasteiger partial charge in [-0.2, -0.15) is 4.98 Å². The molecule has 2 aromatic heterocycles. The maximum absolute atomic E-state index is 14.2. The van der Waals surface area contributed by atoms with E-state index in [2.05, 4.69) is 50.2 Å². The lowest BCUT2D eigenvalue weighted by atomic mass is 10.0. The predicted octanol–water partition coefficient (Wildman–Crippen LogP) is 1.87. The molecule has 4 aromatic rings. The highest BCUT2D eigenvalue weighted by Crippen LogP contribution is 2.30. The van der Waals surface area contributed by atoms with Crippen molar-refractivity contribution in [2.45, 2.75) is 77.0 Å². The van der Waals surface area contributed by atoms with Crippen LogP contribution in [0.1, 0.15) is 61.8 Å². The lowest BCUT2D eigenvalue weighted by molar-refractivity contribution is -0.140. The van der Waals surface area contributed by atoms with Crippen molar-refractivity contribution in [2.24, 2.45) is 11.8 Å². The second kappa shape index (κ2) is 18.0. The smallest absolute Gasteiger partial charge is 0.291 e. The van der Waals surface area contributed by atoms with E-state index >= 15 is 0 Å². The van der Waals surface area contributed by atoms with Gasteiger partial charge < -0.3 is 35.6 Å². The first-order chi connectivity index (χ1) is 26.9. The standard InChI is InChI=1S/C40H49N9O7/c1-24(2)18-29-23-56-31-14-10-27(11-15-31)20-33(45-38(53)35-46-40-41-16-5-17-49(40)47-35)37(52)44-32(19-26-8-12-30(55-4)13-9-26)36(51)42-25(3)39(54)48(21-28-6-7-28)22-34(50)43-29/h5,8-17,24-25,28-29,32-33H,6-7,18-23H2,1-4H3,(H,42,51)(H,43,50)(H,44,52)(H,45,53)/t25-,29+,32+,33+/m1/s1. The largest absolute Gasteiger partial charge is 0.497 e. The first-order valence-corrected chi connectivity index (χ1v) is 19.0. The Morgan fingerprint density at radius 2 is 1.75 bits per heavy atom. The van der Waals surface area contributed by atoms with Crippen LogP contribution in [0.2, 0.25) is 0 Å². The van der Waals surface area contributed by atoms with E-state index in [1.807, 2.05) is 0 Å². The summed E-state index contributed by atoms with van der Waals surface area (Å²) in [5.41, 5.74) is 1.40. The maximum atomic E-state index is 14.2. The van der Waals surface area contributed by atoms with Crippen LogP contribution in [-0.4, -0.2) is 105 Å². The number of aromatic nitrogens is 4. The summed E-state index contributed by atoms with van der Waals surface area (Å²) in [7, 11) is 1.55. The quantitative estimate of drug-likeness (QED) is 0.183. The fourth-order valence-corrected chi connectivity index (χ4v) is 6.57. The van der Waals surface area contributed by atoms with Crippen molar-refractivity contribution in [3.8, 4) is 11.5 Å². The minimum Gasteiger partial charge on any atom is -0.497 e. The number of hydrogen-bond donors (Lipinski definition) is 4. The molecule has 5 amide bonds. The van der Waals surface area contributed by atoms with Crippen LogP contribution in [0.3, 0.4) is 0 Å². The van der Waals surface area contributed by atoms with Crippen LogP contribution in [0.15, 0.2) is 67.0 Å². The van der Waals surface area contributed by atoms with Gasteiger partial charge >= 0.3 is 0 Å². The predicted molar refractivity (Wildman–Crippen MR) is 205 cm³/mol. The number of rotatable bonds is 9. The number of nitrogens with one attached hydrogen (secondary N) is 4. The molecule has 0 unspecified atom stereocenters. The van der Waals surface area contributed by atoms with Crippen LogP contribution in [0.25, 0.3) is 5.78 Å². The third kappa shape index (κ3) is 10.8. The lowest BCUT2D eigenvalue weighted by Crippen LogP contribution is -2.58. The molecular formula is C40H49N9O7. The monoisotopic (exact) mass is 767 g/mol. The fourth-order valence-electron chi connectivity index (χ4n) is 6.57. The molecule has 4 atom stereocenters. The Morgan fingerprint density at radius 3 is 2.43 bits per heavy atom. The number of fused-ring (bicyclic) bond motifs is 18. The summed E-state index contributed by atoms with van der Waals surface area (Å²) in [6.07, 6.45) is 5.77. The van der Waals surface area contributed by atoms with Crippen LogP contribution in [0, 0.1) is 11.8 Å². The molecule has 1 aliphatic carbocycles. The van der Waals surface area contributed by atoms with E-state index < -0.39 is 41.8 Å². The molecule has 296 valence electrons. The molecule has 1 fully saturated rings. The first-order valence-electron chi connectivity index (χ1n) is 19.0. The van der Waals surface area contributed by atoms with Gasteiger partial charge in [-0.3, -0.25) is 24.0 Å². The number of benzene rings is 2. The van der Waals surface area contributed by atoms with Crippen molar-refractivity contribution in [2.75, 3.05) is 26.8 Å². The van der Waals surface area contributed by atoms with Crippen molar-refractivity contribution in [3.63, 3.8) is 0 Å². The fraction of sp³-hybridized carbons (Fsp3) is 0.450. The van der Waals surface area contributed by atoms with Crippen molar-refractivity contribution in [1.29, 1.82) is 0 Å². The van der Waals surface area contributed by atoms with E-state index in [0.29, 0.717) is 35.6 Å². The highest BCUT2D eigenvalue weighted by molar-refractivity contribution is 5.97. The molecule has 16 nitrogen and oxygen atoms in total. The average Bonchev–Trinajstić information content (AvgIpc) is 3.89. The highest BCUT2D eigenvalue weighted by Gasteiger charge is 2.34. The number of hydrogen-bond acceptors (Lipinski definition) is 10. The van der Waals surface area contributed by atoms with Gasteiger partial charge in [-0.05, 0) is 79.5 Å². The molecule has 4 N–H and O–H groups in total. The van der Waals surface area contributed by atoms with Crippen LogP contribution in [0.4, 0.5) is 0 Å². The number of methoxy groups -OCH3 is 1. The Hall–Kier alpha value is -6.06. The van der Waals surface area contributed by atoms with Gasteiger partial charge in [-0.25, -0.2) is 9.50 Å². The molecule has 0 saturated heterocycles. The third-order valence-corrected chi connectivity index (χ3v) is 9.66. The zero-order chi connectivity index (χ0) is 39.8. The second-order valence-electron chi connectivity index (χ2n) is 14.9. The normalized spacial score (nSPS) is 21.6. The molecule has 7 rings (SSSR count). The van der Waals surface area contributed by atoms with E-state index in [1.54, 1.807) is 74.8 Å². The molecule has 4 heterocycles. The summed E-state index contributed by atoms with van der Waals surface area (Å²) >= 11 is 0. The van der Waals surface area contributed by atoms with Crippen molar-refractivity contribution in [3.05, 3.63) is 83.9 Å². The van der Waals surface area contributed by atoms with E-state index in [1.165, 1.54) is 15.6 Å². The zero-order valence-electron chi connectivity index (χ0n) is 32.1. The number of carbonyl (C=O) groups excluding carboxylic acids is 5. The van der Waals surface area contributed by atoms with Gasteiger partial charge in [0.15, 0.2) is 0 Å². The van der Waals surface area contributed by atoms with E-state index in [4.69, 9.17) is 9.47 Å². The average molecular weight is 768 g/mol. The van der Waals surface area contributed by atoms with Crippen LogP contribution >= 0.6 is 0 Å². The molecule has 0 radical (unpaired) electrons. The summed E-state index contributed by atoms with van der Waals surface area (Å²) < 4.78 is 12.8. The van der Waals surface area contributed by atoms with E-state index in [-0.39, 0.29) is 61.4 Å². The van der Waals surface area contributed by atoms with Crippen LogP contribution in [-0.2, 0) is 32.0 Å². The van der Waals surface area contributed by atoms with Crippen LogP contribution < -0.4 is 30.7 Å². The van der Waals surface area contributed by atoms with Gasteiger partial charge in [-0.1, -0.05) is 38.1 Å². The summed E-state index contributed by atoms with van der Waals surface area (Å²) in [6, 6.07) is 12.1. The first kappa shape index (κ1) is 39.6. The van der Waals surface area contributed by atoms with Gasteiger partial charge in [0.05, 0.1) is 19.7 Å². The number of carbonyl (C=O) groups is 5. The Kier molecular flexibility index (Phi) is 12.8. The molecule has 2 aromatic carbocycles. The van der Waals surface area contributed by atoms with Gasteiger partial charge in [-0.15, -0.1) is 5.10 Å². The Bertz CT molecular complexity index is 1980. The molecule has 3 aliphatic rings. The molecule has 0 spiro atoms. The minimum atomic E-state index is -1.18. The lowest BCUT2D eigenvalue weighted by Gasteiger charge is -2.29. The third-order valence-electron chi connectivity index (χ3n) is 9.66. The summed E-state index contributed by atoms with van der Waals surface area (Å²) in [4.78, 5) is 79.0. The molecule has 2 aliphatic heterocycles. The Balaban J connectivity index is 1.32. The summed E-state index contributed by atoms with van der Waals surface area (Å²) in [5, 5.41) is 15.7. The minimum absolute atomic E-state index is 0.0391. The topological polar surface area (TPSA) is 198 Å². The number of ether oxygens (including phenoxy) is 2. The van der Waals surface area contributed by atoms with Crippen LogP contribution in [0.5, 0.6) is 11.5 Å². The molecule has 16 heteroatoms. The van der Waals surface area contributed by atoms with Gasteiger partial charge in [0, 0.05) is 31.8 Å². The summed E-state index contributed by atoms with van der Waals surface area (Å²) in [6.45, 7) is 6.08. The number of nitrogens with zero attached hydrogens (tertiary/aromatic N) is 5. The van der Waals surface area contributed by atoms with Crippen molar-refractivity contribution < 1.29 is 33.4 Å². The molecular weight excluding hydrogens is 718 g/mol. The summed E-state index contributed by atoms with van der Waals surface area (Å²) in [5.74, 6) is -0.991. The van der Waals surface area contributed by atoms with E-state index in [9.17, 15) is 24.0 Å². The van der Waals surface area contributed by atoms with Gasteiger partial charge in [0.25, 0.3) is 11.7 Å². The van der Waals surface area contributed by atoms with E-state index in [0.717, 1.165) is 12.8 Å². The SMILES string of the molecule is COc1ccc(C[C@@H]2NC(=O)[C@@H](NC(=O)c3nc4ncccn4n3)Cc3ccc(cc3)OC[C@H](CC(C)C)NC(=O)CN(CC3CC3)C(=O)[C@@H](C)NC2=O)cc1. The highest BCUT2D eigenvalue weighted by atomic mass is 16.5. The Labute approximate surface area is 325 Å². The second-order valence-corrected chi connectivity index (χ2v) is 14.9. The zero-order valence-corrected chi connectivity index (χ0v) is 32.1. The molecule has 2 bridgehead atoms. The van der Waals surface area contributed by atoms with Crippen molar-refractivity contribution >= 4 is 35.3 Å². The number of amides is 5. The molecule has 1 saturated carbocycles.